The zero-order valence-corrected chi connectivity index (χ0v) is 14.8. The number of carbonyl (C=O) groups is 1. The van der Waals surface area contributed by atoms with Crippen molar-refractivity contribution in [3.8, 4) is 5.75 Å². The van der Waals surface area contributed by atoms with Crippen LogP contribution < -0.4 is 4.74 Å². The van der Waals surface area contributed by atoms with E-state index >= 15 is 0 Å². The molecule has 0 aliphatic carbocycles. The van der Waals surface area contributed by atoms with Crippen LogP contribution in [0.2, 0.25) is 0 Å². The van der Waals surface area contributed by atoms with E-state index in [4.69, 9.17) is 9.47 Å². The van der Waals surface area contributed by atoms with Gasteiger partial charge in [0.25, 0.3) is 5.96 Å². The fourth-order valence-corrected chi connectivity index (χ4v) is 3.11. The second-order valence-corrected chi connectivity index (χ2v) is 6.69. The van der Waals surface area contributed by atoms with Gasteiger partial charge in [0.2, 0.25) is 0 Å². The molecule has 2 atom stereocenters. The normalized spacial score (nSPS) is 24.3. The van der Waals surface area contributed by atoms with Crippen LogP contribution in [0.4, 0.5) is 4.79 Å². The highest BCUT2D eigenvalue weighted by Gasteiger charge is 2.38. The molecule has 0 spiro atoms. The van der Waals surface area contributed by atoms with Crippen LogP contribution in [-0.4, -0.2) is 59.7 Å². The molecule has 0 bridgehead atoms. The van der Waals surface area contributed by atoms with Crippen molar-refractivity contribution in [2.45, 2.75) is 13.8 Å². The number of benzene rings is 1. The van der Waals surface area contributed by atoms with E-state index in [9.17, 15) is 14.9 Å². The second-order valence-electron chi connectivity index (χ2n) is 6.69. The van der Waals surface area contributed by atoms with Crippen LogP contribution in [0.15, 0.2) is 29.4 Å². The Bertz CT molecular complexity index is 706. The second kappa shape index (κ2) is 7.69. The largest absolute Gasteiger partial charge is 0.422 e. The van der Waals surface area contributed by atoms with Crippen LogP contribution in [0.3, 0.4) is 0 Å². The summed E-state index contributed by atoms with van der Waals surface area (Å²) < 4.78 is 10.8. The highest BCUT2D eigenvalue weighted by atomic mass is 16.7. The van der Waals surface area contributed by atoms with Gasteiger partial charge in [-0.05, 0) is 25.0 Å². The molecule has 2 heterocycles. The molecule has 1 amide bonds. The number of aryl methyl sites for hydroxylation is 1. The van der Waals surface area contributed by atoms with Crippen molar-refractivity contribution in [3.63, 3.8) is 0 Å². The Hall–Kier alpha value is -2.68. The van der Waals surface area contributed by atoms with Gasteiger partial charge in [-0.15, -0.1) is 0 Å². The number of ether oxygens (including phenoxy) is 2. The van der Waals surface area contributed by atoms with Crippen molar-refractivity contribution in [1.82, 2.24) is 9.80 Å². The number of amides is 1. The summed E-state index contributed by atoms with van der Waals surface area (Å²) in [5.41, 5.74) is 1.04. The lowest BCUT2D eigenvalue weighted by atomic mass is 9.98. The molecule has 2 unspecified atom stereocenters. The first kappa shape index (κ1) is 18.1. The van der Waals surface area contributed by atoms with Gasteiger partial charge in [-0.1, -0.05) is 24.6 Å². The van der Waals surface area contributed by atoms with Gasteiger partial charge in [0.05, 0.1) is 13.2 Å². The molecule has 9 nitrogen and oxygen atoms in total. The third-order valence-corrected chi connectivity index (χ3v) is 4.71. The fourth-order valence-electron chi connectivity index (χ4n) is 3.11. The first-order valence-corrected chi connectivity index (χ1v) is 8.55. The van der Waals surface area contributed by atoms with Gasteiger partial charge in [0.15, 0.2) is 5.03 Å². The molecule has 140 valence electrons. The molecule has 2 fully saturated rings. The van der Waals surface area contributed by atoms with Crippen molar-refractivity contribution in [3.05, 3.63) is 39.9 Å². The average molecular weight is 362 g/mol. The molecule has 9 heteroatoms. The zero-order chi connectivity index (χ0) is 18.7. The Balaban J connectivity index is 1.72. The molecule has 0 radical (unpaired) electrons. The fraction of sp³-hybridized carbons (Fsp3) is 0.529. The topological polar surface area (TPSA) is 97.5 Å². The minimum atomic E-state index is -0.783. The van der Waals surface area contributed by atoms with Gasteiger partial charge in [-0.3, -0.25) is 0 Å². The zero-order valence-electron chi connectivity index (χ0n) is 14.8. The Morgan fingerprint density at radius 3 is 2.69 bits per heavy atom. The molecular weight excluding hydrogens is 340 g/mol. The maximum absolute atomic E-state index is 12.5. The summed E-state index contributed by atoms with van der Waals surface area (Å²) in [5, 5.41) is 13.6. The van der Waals surface area contributed by atoms with Gasteiger partial charge >= 0.3 is 6.09 Å². The smallest absolute Gasteiger partial charge is 0.410 e. The van der Waals surface area contributed by atoms with E-state index in [2.05, 4.69) is 12.0 Å². The van der Waals surface area contributed by atoms with Crippen LogP contribution in [0.25, 0.3) is 0 Å². The number of carbonyl (C=O) groups excluding carboxylic acids is 1. The third kappa shape index (κ3) is 4.10. The van der Waals surface area contributed by atoms with E-state index in [1.807, 2.05) is 19.1 Å². The summed E-state index contributed by atoms with van der Waals surface area (Å²) in [5.74, 6) is 1.02. The summed E-state index contributed by atoms with van der Waals surface area (Å²) in [6, 6.07) is 7.02. The van der Waals surface area contributed by atoms with Crippen LogP contribution in [0.5, 0.6) is 5.75 Å². The molecule has 2 saturated heterocycles. The summed E-state index contributed by atoms with van der Waals surface area (Å²) >= 11 is 0. The minimum absolute atomic E-state index is 0.0196. The first-order valence-electron chi connectivity index (χ1n) is 8.55. The van der Waals surface area contributed by atoms with Gasteiger partial charge in [0.1, 0.15) is 10.9 Å². The quantitative estimate of drug-likeness (QED) is 0.600. The van der Waals surface area contributed by atoms with Gasteiger partial charge in [-0.2, -0.15) is 0 Å². The number of nitro groups is 1. The number of hydrogen-bond acceptors (Lipinski definition) is 5. The Morgan fingerprint density at radius 1 is 1.35 bits per heavy atom. The molecule has 0 N–H and O–H groups in total. The number of rotatable bonds is 4. The molecule has 0 aromatic heterocycles. The molecule has 1 aromatic carbocycles. The van der Waals surface area contributed by atoms with E-state index < -0.39 is 11.1 Å². The van der Waals surface area contributed by atoms with Crippen LogP contribution >= 0.6 is 0 Å². The molecule has 2 aliphatic heterocycles. The molecule has 2 aliphatic rings. The molecule has 3 rings (SSSR count). The van der Waals surface area contributed by atoms with Gasteiger partial charge < -0.3 is 14.4 Å². The summed E-state index contributed by atoms with van der Waals surface area (Å²) in [4.78, 5) is 26.4. The molecule has 26 heavy (non-hydrogen) atoms. The Labute approximate surface area is 151 Å². The SMILES string of the molecule is Cc1ccc(OC(=O)N2CCN(CC3COCC3C)C2=N[N+](=O)[O-])cc1. The van der Waals surface area contributed by atoms with Crippen LogP contribution in [0, 0.1) is 28.9 Å². The number of hydrogen-bond donors (Lipinski definition) is 0. The van der Waals surface area contributed by atoms with E-state index in [1.165, 1.54) is 4.90 Å². The highest BCUT2D eigenvalue weighted by Crippen LogP contribution is 2.23. The van der Waals surface area contributed by atoms with Crippen LogP contribution in [-0.2, 0) is 4.74 Å². The standard InChI is InChI=1S/C17H22N4O5/c1-12-3-5-15(6-4-12)26-17(22)20-8-7-19(16(20)18-21(23)24)9-14-11-25-10-13(14)2/h3-6,13-14H,7-11H2,1-2H3. The number of nitrogens with zero attached hydrogens (tertiary/aromatic N) is 4. The van der Waals surface area contributed by atoms with Crippen molar-refractivity contribution < 1.29 is 19.3 Å². The number of hydrazone groups is 1. The predicted molar refractivity (Wildman–Crippen MR) is 93.4 cm³/mol. The Morgan fingerprint density at radius 2 is 2.08 bits per heavy atom. The van der Waals surface area contributed by atoms with Crippen molar-refractivity contribution in [1.29, 1.82) is 0 Å². The summed E-state index contributed by atoms with van der Waals surface area (Å²) in [6.45, 7) is 6.62. The molecule has 0 saturated carbocycles. The highest BCUT2D eigenvalue weighted by molar-refractivity contribution is 5.96. The minimum Gasteiger partial charge on any atom is -0.410 e. The van der Waals surface area contributed by atoms with E-state index in [-0.39, 0.29) is 11.9 Å². The third-order valence-electron chi connectivity index (χ3n) is 4.71. The van der Waals surface area contributed by atoms with Crippen molar-refractivity contribution in [2.24, 2.45) is 16.9 Å². The van der Waals surface area contributed by atoms with E-state index in [0.29, 0.717) is 44.5 Å². The first-order chi connectivity index (χ1) is 12.4. The monoisotopic (exact) mass is 362 g/mol. The maximum Gasteiger partial charge on any atom is 0.422 e. The lowest BCUT2D eigenvalue weighted by Crippen LogP contribution is -2.42. The van der Waals surface area contributed by atoms with Crippen LogP contribution in [0.1, 0.15) is 12.5 Å². The molecule has 1 aromatic rings. The lowest BCUT2D eigenvalue weighted by molar-refractivity contribution is -0.486. The maximum atomic E-state index is 12.5. The van der Waals surface area contributed by atoms with Gasteiger partial charge in [0, 0.05) is 25.6 Å². The van der Waals surface area contributed by atoms with Crippen molar-refractivity contribution >= 4 is 12.1 Å². The van der Waals surface area contributed by atoms with E-state index in [0.717, 1.165) is 5.56 Å². The Kier molecular flexibility index (Phi) is 5.36. The van der Waals surface area contributed by atoms with Crippen molar-refractivity contribution in [2.75, 3.05) is 32.8 Å². The average Bonchev–Trinajstić information content (AvgIpc) is 3.17. The number of guanidine groups is 1. The van der Waals surface area contributed by atoms with Gasteiger partial charge in [-0.25, -0.2) is 19.8 Å². The predicted octanol–water partition coefficient (Wildman–Crippen LogP) is 1.94. The lowest BCUT2D eigenvalue weighted by Gasteiger charge is -2.23. The summed E-state index contributed by atoms with van der Waals surface area (Å²) in [6.07, 6.45) is -0.673. The molecular formula is C17H22N4O5. The summed E-state index contributed by atoms with van der Waals surface area (Å²) in [7, 11) is 0. The van der Waals surface area contributed by atoms with E-state index in [1.54, 1.807) is 17.0 Å².